The highest BCUT2D eigenvalue weighted by atomic mass is 35.5. The molecule has 2 fully saturated rings. The number of hydrogen-bond acceptors (Lipinski definition) is 2. The van der Waals surface area contributed by atoms with E-state index in [0.717, 1.165) is 38.5 Å². The number of aliphatic carboxylic acids is 1. The van der Waals surface area contributed by atoms with Gasteiger partial charge in [-0.3, -0.25) is 4.79 Å². The molecule has 0 heterocycles. The smallest absolute Gasteiger partial charge is 0.306 e. The fraction of sp³-hybridized carbons (Fsp3) is 0.588. The number of benzene rings is 1. The average Bonchev–Trinajstić information content (AvgIpc) is 2.46. The zero-order valence-corrected chi connectivity index (χ0v) is 13.9. The van der Waals surface area contributed by atoms with Gasteiger partial charge in [0.05, 0.1) is 16.0 Å². The number of carboxylic acids is 1. The first kappa shape index (κ1) is 16.1. The highest BCUT2D eigenvalue weighted by Crippen LogP contribution is 2.39. The summed E-state index contributed by atoms with van der Waals surface area (Å²) in [6, 6.07) is 6.93. The fourth-order valence-corrected chi connectivity index (χ4v) is 3.94. The van der Waals surface area contributed by atoms with Gasteiger partial charge < -0.3 is 10.4 Å². The first-order valence-electron chi connectivity index (χ1n) is 7.96. The van der Waals surface area contributed by atoms with Crippen molar-refractivity contribution in [2.75, 3.05) is 0 Å². The molecule has 3 nitrogen and oxygen atoms in total. The summed E-state index contributed by atoms with van der Waals surface area (Å²) in [4.78, 5) is 11.0. The topological polar surface area (TPSA) is 49.3 Å². The van der Waals surface area contributed by atoms with Gasteiger partial charge >= 0.3 is 5.97 Å². The molecule has 5 heteroatoms. The van der Waals surface area contributed by atoms with Gasteiger partial charge in [-0.15, -0.1) is 0 Å². The Balaban J connectivity index is 1.44. The van der Waals surface area contributed by atoms with Gasteiger partial charge in [0.15, 0.2) is 0 Å². The predicted octanol–water partition coefficient (Wildman–Crippen LogP) is 4.47. The number of carbonyl (C=O) groups is 1. The number of halogens is 2. The van der Waals surface area contributed by atoms with Crippen molar-refractivity contribution < 1.29 is 9.90 Å². The third kappa shape index (κ3) is 3.58. The van der Waals surface area contributed by atoms with Crippen LogP contribution in [0, 0.1) is 5.92 Å². The second-order valence-electron chi connectivity index (χ2n) is 6.59. The van der Waals surface area contributed by atoms with Crippen LogP contribution in [0.15, 0.2) is 18.2 Å². The number of nitrogens with one attached hydrogen (secondary N) is 1. The predicted molar refractivity (Wildman–Crippen MR) is 88.7 cm³/mol. The maximum atomic E-state index is 11.0. The molecule has 2 aliphatic rings. The normalized spacial score (nSPS) is 31.5. The number of hydrogen-bond donors (Lipinski definition) is 2. The monoisotopic (exact) mass is 341 g/mol. The lowest BCUT2D eigenvalue weighted by molar-refractivity contribution is -0.142. The van der Waals surface area contributed by atoms with Crippen molar-refractivity contribution in [2.45, 2.75) is 56.5 Å². The van der Waals surface area contributed by atoms with E-state index in [9.17, 15) is 4.79 Å². The van der Waals surface area contributed by atoms with Crippen LogP contribution in [0.25, 0.3) is 0 Å². The summed E-state index contributed by atoms with van der Waals surface area (Å²) in [5, 5.41) is 13.9. The van der Waals surface area contributed by atoms with E-state index >= 15 is 0 Å². The average molecular weight is 342 g/mol. The molecule has 2 N–H and O–H groups in total. The molecule has 3 rings (SSSR count). The van der Waals surface area contributed by atoms with Gasteiger partial charge in [-0.2, -0.15) is 0 Å². The summed E-state index contributed by atoms with van der Waals surface area (Å²) in [6.07, 6.45) is 5.80. The van der Waals surface area contributed by atoms with Crippen molar-refractivity contribution in [3.63, 3.8) is 0 Å². The van der Waals surface area contributed by atoms with E-state index < -0.39 is 5.97 Å². The Morgan fingerprint density at radius 3 is 2.32 bits per heavy atom. The molecule has 0 aromatic heterocycles. The van der Waals surface area contributed by atoms with E-state index in [1.807, 2.05) is 12.1 Å². The van der Waals surface area contributed by atoms with Crippen molar-refractivity contribution >= 4 is 29.2 Å². The van der Waals surface area contributed by atoms with Crippen molar-refractivity contribution in [3.05, 3.63) is 33.8 Å². The second kappa shape index (κ2) is 6.77. The van der Waals surface area contributed by atoms with Gasteiger partial charge in [-0.25, -0.2) is 0 Å². The molecule has 2 saturated carbocycles. The molecule has 0 atom stereocenters. The second-order valence-corrected chi connectivity index (χ2v) is 7.41. The molecule has 0 radical (unpaired) electrons. The molecule has 120 valence electrons. The van der Waals surface area contributed by atoms with Gasteiger partial charge in [0.1, 0.15) is 0 Å². The first-order valence-corrected chi connectivity index (χ1v) is 8.72. The Labute approximate surface area is 141 Å². The van der Waals surface area contributed by atoms with Gasteiger partial charge in [0.2, 0.25) is 0 Å². The van der Waals surface area contributed by atoms with E-state index in [1.165, 1.54) is 5.56 Å². The fourth-order valence-electron chi connectivity index (χ4n) is 3.63. The molecule has 1 aromatic rings. The van der Waals surface area contributed by atoms with E-state index in [2.05, 4.69) is 11.4 Å². The van der Waals surface area contributed by atoms with Crippen LogP contribution in [0.2, 0.25) is 10.0 Å². The number of carboxylic acid groups (broad SMARTS) is 1. The van der Waals surface area contributed by atoms with Crippen LogP contribution in [0.5, 0.6) is 0 Å². The zero-order chi connectivity index (χ0) is 15.7. The third-order valence-corrected chi connectivity index (χ3v) is 5.84. The largest absolute Gasteiger partial charge is 0.481 e. The Morgan fingerprint density at radius 2 is 1.73 bits per heavy atom. The number of rotatable bonds is 4. The Hall–Kier alpha value is -0.770. The van der Waals surface area contributed by atoms with Crippen LogP contribution in [-0.4, -0.2) is 23.2 Å². The third-order valence-electron chi connectivity index (χ3n) is 5.10. The highest BCUT2D eigenvalue weighted by molar-refractivity contribution is 6.42. The SMILES string of the molecule is O=C(O)C1CCC(NC2CC(c3ccc(Cl)c(Cl)c3)C2)CC1. The molecule has 1 aromatic carbocycles. The van der Waals surface area contributed by atoms with Gasteiger partial charge in [-0.05, 0) is 62.1 Å². The Morgan fingerprint density at radius 1 is 1.05 bits per heavy atom. The first-order chi connectivity index (χ1) is 10.5. The van der Waals surface area contributed by atoms with Crippen LogP contribution in [0.3, 0.4) is 0 Å². The van der Waals surface area contributed by atoms with Crippen LogP contribution in [0.4, 0.5) is 0 Å². The van der Waals surface area contributed by atoms with Gasteiger partial charge in [-0.1, -0.05) is 29.3 Å². The van der Waals surface area contributed by atoms with E-state index in [1.54, 1.807) is 0 Å². The molecule has 0 saturated heterocycles. The quantitative estimate of drug-likeness (QED) is 0.849. The molecule has 0 aliphatic heterocycles. The van der Waals surface area contributed by atoms with Crippen molar-refractivity contribution in [1.82, 2.24) is 5.32 Å². The lowest BCUT2D eigenvalue weighted by atomic mass is 9.75. The van der Waals surface area contributed by atoms with E-state index in [4.69, 9.17) is 28.3 Å². The minimum absolute atomic E-state index is 0.136. The van der Waals surface area contributed by atoms with E-state index in [-0.39, 0.29) is 5.92 Å². The van der Waals surface area contributed by atoms with Gasteiger partial charge in [0.25, 0.3) is 0 Å². The maximum Gasteiger partial charge on any atom is 0.306 e. The van der Waals surface area contributed by atoms with Crippen molar-refractivity contribution in [1.29, 1.82) is 0 Å². The van der Waals surface area contributed by atoms with Crippen LogP contribution < -0.4 is 5.32 Å². The molecule has 0 unspecified atom stereocenters. The minimum Gasteiger partial charge on any atom is -0.481 e. The van der Waals surface area contributed by atoms with E-state index in [0.29, 0.717) is 28.0 Å². The molecule has 0 spiro atoms. The lowest BCUT2D eigenvalue weighted by Gasteiger charge is -2.40. The standard InChI is InChI=1S/C17H21Cl2NO2/c18-15-6-3-11(9-16(15)19)12-7-14(8-12)20-13-4-1-10(2-5-13)17(21)22/h3,6,9-10,12-14,20H,1-2,4-5,7-8H2,(H,21,22). The Kier molecular flexibility index (Phi) is 4.96. The molecular formula is C17H21Cl2NO2. The van der Waals surface area contributed by atoms with Crippen molar-refractivity contribution in [3.8, 4) is 0 Å². The highest BCUT2D eigenvalue weighted by Gasteiger charge is 2.33. The van der Waals surface area contributed by atoms with Crippen molar-refractivity contribution in [2.24, 2.45) is 5.92 Å². The Bertz CT molecular complexity index is 550. The summed E-state index contributed by atoms with van der Waals surface area (Å²) in [6.45, 7) is 0. The summed E-state index contributed by atoms with van der Waals surface area (Å²) < 4.78 is 0. The molecule has 0 amide bonds. The van der Waals surface area contributed by atoms with Crippen LogP contribution in [-0.2, 0) is 4.79 Å². The summed E-state index contributed by atoms with van der Waals surface area (Å²) in [5.41, 5.74) is 1.27. The summed E-state index contributed by atoms with van der Waals surface area (Å²) in [5.74, 6) is -0.215. The summed E-state index contributed by atoms with van der Waals surface area (Å²) in [7, 11) is 0. The maximum absolute atomic E-state index is 11.0. The summed E-state index contributed by atoms with van der Waals surface area (Å²) >= 11 is 12.0. The molecular weight excluding hydrogens is 321 g/mol. The zero-order valence-electron chi connectivity index (χ0n) is 12.4. The molecule has 0 bridgehead atoms. The van der Waals surface area contributed by atoms with Gasteiger partial charge in [0, 0.05) is 12.1 Å². The molecule has 22 heavy (non-hydrogen) atoms. The van der Waals surface area contributed by atoms with Crippen LogP contribution >= 0.6 is 23.2 Å². The van der Waals surface area contributed by atoms with Crippen LogP contribution in [0.1, 0.15) is 50.0 Å². The minimum atomic E-state index is -0.637. The lowest BCUT2D eigenvalue weighted by Crippen LogP contribution is -2.47. The molecule has 2 aliphatic carbocycles.